The number of amides is 1. The molecule has 0 aromatic heterocycles. The van der Waals surface area contributed by atoms with Gasteiger partial charge in [0.05, 0.1) is 11.4 Å². The lowest BCUT2D eigenvalue weighted by Crippen LogP contribution is -2.51. The van der Waals surface area contributed by atoms with Gasteiger partial charge < -0.3 is 10.0 Å². The molecule has 2 aliphatic rings. The van der Waals surface area contributed by atoms with Crippen molar-refractivity contribution in [3.05, 3.63) is 22.7 Å². The summed E-state index contributed by atoms with van der Waals surface area (Å²) < 4.78 is 0.971. The molecule has 1 heterocycles. The molecule has 0 radical (unpaired) electrons. The van der Waals surface area contributed by atoms with E-state index in [2.05, 4.69) is 31.0 Å². The van der Waals surface area contributed by atoms with E-state index in [1.807, 2.05) is 18.2 Å². The van der Waals surface area contributed by atoms with Crippen LogP contribution in [0.15, 0.2) is 22.7 Å². The van der Waals surface area contributed by atoms with Crippen LogP contribution in [0.25, 0.3) is 0 Å². The highest BCUT2D eigenvalue weighted by Crippen LogP contribution is 2.31. The van der Waals surface area contributed by atoms with E-state index in [1.54, 1.807) is 0 Å². The topological polar surface area (TPSA) is 55.8 Å². The number of hydrogen-bond donors (Lipinski definition) is 2. The second-order valence-corrected chi connectivity index (χ2v) is 7.32. The van der Waals surface area contributed by atoms with E-state index >= 15 is 0 Å². The van der Waals surface area contributed by atoms with Gasteiger partial charge in [0.15, 0.2) is 0 Å². The van der Waals surface area contributed by atoms with E-state index in [-0.39, 0.29) is 0 Å². The molecule has 1 aromatic rings. The molecule has 1 saturated carbocycles. The lowest BCUT2D eigenvalue weighted by Gasteiger charge is -2.42. The molecular weight excluding hydrogens is 358 g/mol. The van der Waals surface area contributed by atoms with Crippen LogP contribution in [0, 0.1) is 0 Å². The Bertz CT molecular complexity index is 553. The number of nitrogens with one attached hydrogen (secondary N) is 1. The minimum atomic E-state index is -1.02. The molecule has 6 heteroatoms. The fourth-order valence-electron chi connectivity index (χ4n) is 3.76. The second kappa shape index (κ2) is 7.53. The van der Waals surface area contributed by atoms with Crippen LogP contribution in [0.2, 0.25) is 0 Å². The van der Waals surface area contributed by atoms with Gasteiger partial charge in [0.2, 0.25) is 0 Å². The molecule has 2 N–H and O–H groups in total. The van der Waals surface area contributed by atoms with Gasteiger partial charge in [-0.05, 0) is 31.0 Å². The van der Waals surface area contributed by atoms with Crippen LogP contribution >= 0.6 is 15.9 Å². The first-order valence-corrected chi connectivity index (χ1v) is 9.21. The largest absolute Gasteiger partial charge is 0.465 e. The summed E-state index contributed by atoms with van der Waals surface area (Å²) in [5.41, 5.74) is 1.62. The Kier molecular flexibility index (Phi) is 5.43. The third kappa shape index (κ3) is 4.18. The predicted molar refractivity (Wildman–Crippen MR) is 96.4 cm³/mol. The highest BCUT2D eigenvalue weighted by molar-refractivity contribution is 9.10. The molecule has 5 nitrogen and oxygen atoms in total. The standard InChI is InChI=1S/C17H24BrN3O2/c18-13-6-7-15(19-17(22)23)16(12-13)21-10-8-20(9-11-21)14-4-2-1-3-5-14/h6-7,12,14,19H,1-5,8-11H2,(H,22,23). The highest BCUT2D eigenvalue weighted by Gasteiger charge is 2.26. The first kappa shape index (κ1) is 16.6. The van der Waals surface area contributed by atoms with Crippen LogP contribution < -0.4 is 10.2 Å². The Hall–Kier alpha value is -1.27. The Morgan fingerprint density at radius 3 is 2.48 bits per heavy atom. The lowest BCUT2D eigenvalue weighted by atomic mass is 9.94. The third-order valence-electron chi connectivity index (χ3n) is 4.95. The number of piperazine rings is 1. The van der Waals surface area contributed by atoms with E-state index in [0.717, 1.165) is 42.4 Å². The molecule has 1 amide bonds. The number of nitrogens with zero attached hydrogens (tertiary/aromatic N) is 2. The molecular formula is C17H24BrN3O2. The minimum absolute atomic E-state index is 0.659. The molecule has 126 valence electrons. The fourth-order valence-corrected chi connectivity index (χ4v) is 4.11. The second-order valence-electron chi connectivity index (χ2n) is 6.41. The fraction of sp³-hybridized carbons (Fsp3) is 0.588. The van der Waals surface area contributed by atoms with Crippen molar-refractivity contribution in [1.29, 1.82) is 0 Å². The van der Waals surface area contributed by atoms with Crippen LogP contribution in [0.4, 0.5) is 16.2 Å². The smallest absolute Gasteiger partial charge is 0.409 e. The Labute approximate surface area is 145 Å². The summed E-state index contributed by atoms with van der Waals surface area (Å²) in [6.07, 6.45) is 5.77. The first-order valence-electron chi connectivity index (χ1n) is 8.42. The molecule has 1 aliphatic heterocycles. The van der Waals surface area contributed by atoms with E-state index in [0.29, 0.717) is 5.69 Å². The Morgan fingerprint density at radius 1 is 1.13 bits per heavy atom. The first-order chi connectivity index (χ1) is 11.1. The van der Waals surface area contributed by atoms with Crippen molar-refractivity contribution < 1.29 is 9.90 Å². The number of benzene rings is 1. The lowest BCUT2D eigenvalue weighted by molar-refractivity contribution is 0.148. The van der Waals surface area contributed by atoms with Crippen molar-refractivity contribution >= 4 is 33.4 Å². The van der Waals surface area contributed by atoms with Crippen LogP contribution in [0.1, 0.15) is 32.1 Å². The van der Waals surface area contributed by atoms with Crippen molar-refractivity contribution in [2.75, 3.05) is 36.4 Å². The molecule has 23 heavy (non-hydrogen) atoms. The highest BCUT2D eigenvalue weighted by atomic mass is 79.9. The summed E-state index contributed by atoms with van der Waals surface area (Å²) in [6.45, 7) is 4.01. The van der Waals surface area contributed by atoms with Crippen LogP contribution in [-0.4, -0.2) is 48.3 Å². The summed E-state index contributed by atoms with van der Waals surface area (Å²) in [4.78, 5) is 15.9. The SMILES string of the molecule is O=C(O)Nc1ccc(Br)cc1N1CCN(C2CCCCC2)CC1. The number of anilines is 2. The molecule has 1 aliphatic carbocycles. The number of carbonyl (C=O) groups is 1. The van der Waals surface area contributed by atoms with Crippen molar-refractivity contribution in [1.82, 2.24) is 4.90 Å². The number of hydrogen-bond acceptors (Lipinski definition) is 3. The van der Waals surface area contributed by atoms with Gasteiger partial charge >= 0.3 is 6.09 Å². The van der Waals surface area contributed by atoms with E-state index in [4.69, 9.17) is 5.11 Å². The maximum Gasteiger partial charge on any atom is 0.409 e. The molecule has 0 bridgehead atoms. The molecule has 1 saturated heterocycles. The molecule has 0 spiro atoms. The zero-order chi connectivity index (χ0) is 16.2. The maximum atomic E-state index is 11.0. The monoisotopic (exact) mass is 381 g/mol. The number of carboxylic acid groups (broad SMARTS) is 1. The summed E-state index contributed by atoms with van der Waals surface area (Å²) in [5.74, 6) is 0. The normalized spacial score (nSPS) is 20.5. The number of halogens is 1. The van der Waals surface area contributed by atoms with E-state index in [1.165, 1.54) is 32.1 Å². The zero-order valence-electron chi connectivity index (χ0n) is 13.3. The van der Waals surface area contributed by atoms with Crippen molar-refractivity contribution in [3.63, 3.8) is 0 Å². The third-order valence-corrected chi connectivity index (χ3v) is 5.44. The van der Waals surface area contributed by atoms with Gasteiger partial charge in [-0.2, -0.15) is 0 Å². The Morgan fingerprint density at radius 2 is 1.83 bits per heavy atom. The Balaban J connectivity index is 1.67. The van der Waals surface area contributed by atoms with Crippen molar-refractivity contribution in [2.24, 2.45) is 0 Å². The van der Waals surface area contributed by atoms with E-state index in [9.17, 15) is 4.79 Å². The molecule has 0 atom stereocenters. The molecule has 1 aromatic carbocycles. The molecule has 0 unspecified atom stereocenters. The van der Waals surface area contributed by atoms with E-state index < -0.39 is 6.09 Å². The average molecular weight is 382 g/mol. The van der Waals surface area contributed by atoms with Crippen LogP contribution in [-0.2, 0) is 0 Å². The van der Waals surface area contributed by atoms with Crippen LogP contribution in [0.3, 0.4) is 0 Å². The quantitative estimate of drug-likeness (QED) is 0.830. The van der Waals surface area contributed by atoms with Gasteiger partial charge in [-0.1, -0.05) is 35.2 Å². The summed E-state index contributed by atoms with van der Waals surface area (Å²) in [6, 6.07) is 6.44. The van der Waals surface area contributed by atoms with Gasteiger partial charge in [-0.25, -0.2) is 4.79 Å². The average Bonchev–Trinajstić information content (AvgIpc) is 2.57. The summed E-state index contributed by atoms with van der Waals surface area (Å²) in [7, 11) is 0. The molecule has 2 fully saturated rings. The summed E-state index contributed by atoms with van der Waals surface area (Å²) in [5, 5.41) is 11.5. The maximum absolute atomic E-state index is 11.0. The predicted octanol–water partition coefficient (Wildman–Crippen LogP) is 3.99. The zero-order valence-corrected chi connectivity index (χ0v) is 14.9. The summed E-state index contributed by atoms with van der Waals surface area (Å²) >= 11 is 3.49. The van der Waals surface area contributed by atoms with Gasteiger partial charge in [0, 0.05) is 36.7 Å². The van der Waals surface area contributed by atoms with Crippen molar-refractivity contribution in [2.45, 2.75) is 38.1 Å². The van der Waals surface area contributed by atoms with Gasteiger partial charge in [-0.3, -0.25) is 10.2 Å². The van der Waals surface area contributed by atoms with Gasteiger partial charge in [-0.15, -0.1) is 0 Å². The number of rotatable bonds is 3. The van der Waals surface area contributed by atoms with Crippen LogP contribution in [0.5, 0.6) is 0 Å². The van der Waals surface area contributed by atoms with Crippen molar-refractivity contribution in [3.8, 4) is 0 Å². The van der Waals surface area contributed by atoms with Gasteiger partial charge in [0.25, 0.3) is 0 Å². The minimum Gasteiger partial charge on any atom is -0.465 e. The van der Waals surface area contributed by atoms with Gasteiger partial charge in [0.1, 0.15) is 0 Å². The molecule has 3 rings (SSSR count).